The lowest BCUT2D eigenvalue weighted by atomic mass is 10.3. The molecule has 0 fully saturated rings. The average molecular weight is 194 g/mol. The number of rotatable bonds is 2. The lowest BCUT2D eigenvalue weighted by molar-refractivity contribution is 0.735. The summed E-state index contributed by atoms with van der Waals surface area (Å²) < 4.78 is 0. The molecule has 0 aromatic carbocycles. The predicted octanol–water partition coefficient (Wildman–Crippen LogP) is 0.976. The largest absolute Gasteiger partial charge is 0.328 e. The van der Waals surface area contributed by atoms with Crippen LogP contribution in [0.3, 0.4) is 0 Å². The summed E-state index contributed by atoms with van der Waals surface area (Å²) in [6.07, 6.45) is 4.12. The molecule has 0 bridgehead atoms. The maximum Gasteiger partial charge on any atom is 0.189 e. The first-order valence-corrected chi connectivity index (χ1v) is 4.89. The van der Waals surface area contributed by atoms with Crippen LogP contribution in [0.2, 0.25) is 0 Å². The summed E-state index contributed by atoms with van der Waals surface area (Å²) in [6, 6.07) is 0.139. The third kappa shape index (κ3) is 1.81. The third-order valence-corrected chi connectivity index (χ3v) is 2.56. The Hall–Kier alpha value is -1.07. The van der Waals surface area contributed by atoms with Crippen molar-refractivity contribution in [2.45, 2.75) is 19.4 Å². The van der Waals surface area contributed by atoms with Crippen LogP contribution in [0, 0.1) is 0 Å². The molecule has 13 heavy (non-hydrogen) atoms. The van der Waals surface area contributed by atoms with Gasteiger partial charge in [0.05, 0.1) is 5.01 Å². The molecule has 1 atom stereocenters. The molecule has 2 aromatic rings. The van der Waals surface area contributed by atoms with Gasteiger partial charge in [-0.2, -0.15) is 0 Å². The average Bonchev–Trinajstić information content (AvgIpc) is 2.44. The van der Waals surface area contributed by atoms with E-state index in [1.165, 1.54) is 0 Å². The van der Waals surface area contributed by atoms with Crippen LogP contribution < -0.4 is 5.73 Å². The Kier molecular flexibility index (Phi) is 2.20. The minimum atomic E-state index is 0.139. The molecule has 0 saturated carbocycles. The fraction of sp³-hybridized carbons (Fsp3) is 0.375. The molecule has 0 aliphatic carbocycles. The van der Waals surface area contributed by atoms with Crippen LogP contribution in [0.15, 0.2) is 12.4 Å². The summed E-state index contributed by atoms with van der Waals surface area (Å²) in [4.78, 5) is 13.5. The van der Waals surface area contributed by atoms with Crippen molar-refractivity contribution in [3.63, 3.8) is 0 Å². The maximum atomic E-state index is 5.67. The molecule has 0 aliphatic heterocycles. The molecule has 0 radical (unpaired) electrons. The summed E-state index contributed by atoms with van der Waals surface area (Å²) in [5, 5.41) is 1.01. The number of nitrogens with zero attached hydrogens (tertiary/aromatic N) is 3. The Balaban J connectivity index is 2.38. The third-order valence-electron chi connectivity index (χ3n) is 1.59. The number of hydrogen-bond acceptors (Lipinski definition) is 5. The maximum absolute atomic E-state index is 5.67. The molecular weight excluding hydrogens is 184 g/mol. The van der Waals surface area contributed by atoms with Gasteiger partial charge in [-0.15, -0.1) is 0 Å². The van der Waals surface area contributed by atoms with Crippen molar-refractivity contribution < 1.29 is 0 Å². The lowest BCUT2D eigenvalue weighted by Crippen LogP contribution is -2.17. The zero-order chi connectivity index (χ0) is 9.26. The van der Waals surface area contributed by atoms with Crippen molar-refractivity contribution in [3.05, 3.63) is 17.4 Å². The van der Waals surface area contributed by atoms with Gasteiger partial charge < -0.3 is 5.73 Å². The highest BCUT2D eigenvalue weighted by Gasteiger charge is 2.06. The minimum absolute atomic E-state index is 0.139. The predicted molar refractivity (Wildman–Crippen MR) is 52.6 cm³/mol. The second-order valence-corrected chi connectivity index (χ2v) is 4.04. The fourth-order valence-electron chi connectivity index (χ4n) is 1.08. The molecule has 0 saturated heterocycles. The second-order valence-electron chi connectivity index (χ2n) is 2.97. The normalized spacial score (nSPS) is 13.4. The summed E-state index contributed by atoms with van der Waals surface area (Å²) in [5.74, 6) is 0. The zero-order valence-electron chi connectivity index (χ0n) is 7.27. The van der Waals surface area contributed by atoms with Crippen molar-refractivity contribution in [2.75, 3.05) is 0 Å². The summed E-state index contributed by atoms with van der Waals surface area (Å²) in [5.41, 5.74) is 6.40. The molecule has 0 spiro atoms. The molecule has 2 heterocycles. The van der Waals surface area contributed by atoms with Crippen molar-refractivity contribution >= 4 is 21.8 Å². The first-order chi connectivity index (χ1) is 6.25. The Morgan fingerprint density at radius 1 is 1.46 bits per heavy atom. The number of thiazole rings is 1. The van der Waals surface area contributed by atoms with E-state index in [0.717, 1.165) is 21.9 Å². The summed E-state index contributed by atoms with van der Waals surface area (Å²) in [6.45, 7) is 1.97. The van der Waals surface area contributed by atoms with Gasteiger partial charge >= 0.3 is 0 Å². The number of aromatic nitrogens is 3. The van der Waals surface area contributed by atoms with Gasteiger partial charge in [-0.05, 0) is 6.92 Å². The highest BCUT2D eigenvalue weighted by molar-refractivity contribution is 7.18. The van der Waals surface area contributed by atoms with Crippen LogP contribution in [0.4, 0.5) is 0 Å². The van der Waals surface area contributed by atoms with Gasteiger partial charge in [0, 0.05) is 24.9 Å². The van der Waals surface area contributed by atoms with E-state index in [1.54, 1.807) is 23.7 Å². The minimum Gasteiger partial charge on any atom is -0.328 e. The standard InChI is InChI=1S/C8H10N4S/c1-5(9)4-6-12-7-8(13-6)11-3-2-10-7/h2-3,5H,4,9H2,1H3. The molecule has 2 N–H and O–H groups in total. The molecular formula is C8H10N4S. The van der Waals surface area contributed by atoms with Crippen LogP contribution in [-0.4, -0.2) is 21.0 Å². The van der Waals surface area contributed by atoms with Gasteiger partial charge in [0.1, 0.15) is 0 Å². The highest BCUT2D eigenvalue weighted by Crippen LogP contribution is 2.17. The van der Waals surface area contributed by atoms with Crippen molar-refractivity contribution in [1.82, 2.24) is 15.0 Å². The van der Waals surface area contributed by atoms with E-state index >= 15 is 0 Å². The van der Waals surface area contributed by atoms with Crippen molar-refractivity contribution in [3.8, 4) is 0 Å². The van der Waals surface area contributed by atoms with Crippen molar-refractivity contribution in [2.24, 2.45) is 5.73 Å². The second kappa shape index (κ2) is 3.35. The smallest absolute Gasteiger partial charge is 0.189 e. The Labute approximate surface area is 79.8 Å². The van der Waals surface area contributed by atoms with Gasteiger partial charge in [0.25, 0.3) is 0 Å². The van der Waals surface area contributed by atoms with E-state index in [-0.39, 0.29) is 6.04 Å². The molecule has 1 unspecified atom stereocenters. The Morgan fingerprint density at radius 2 is 2.23 bits per heavy atom. The zero-order valence-corrected chi connectivity index (χ0v) is 8.08. The van der Waals surface area contributed by atoms with Gasteiger partial charge in [-0.3, -0.25) is 0 Å². The van der Waals surface area contributed by atoms with Gasteiger partial charge in [0.2, 0.25) is 0 Å². The lowest BCUT2D eigenvalue weighted by Gasteiger charge is -1.97. The van der Waals surface area contributed by atoms with E-state index in [4.69, 9.17) is 5.73 Å². The molecule has 0 amide bonds. The van der Waals surface area contributed by atoms with Crippen molar-refractivity contribution in [1.29, 1.82) is 0 Å². The van der Waals surface area contributed by atoms with Gasteiger partial charge in [-0.1, -0.05) is 11.3 Å². The van der Waals surface area contributed by atoms with Crippen LogP contribution in [0.25, 0.3) is 10.5 Å². The highest BCUT2D eigenvalue weighted by atomic mass is 32.1. The quantitative estimate of drug-likeness (QED) is 0.773. The van der Waals surface area contributed by atoms with Crippen LogP contribution in [0.5, 0.6) is 0 Å². The number of hydrogen-bond donors (Lipinski definition) is 1. The Bertz CT molecular complexity index is 376. The van der Waals surface area contributed by atoms with E-state index in [9.17, 15) is 0 Å². The van der Waals surface area contributed by atoms with E-state index < -0.39 is 0 Å². The molecule has 68 valence electrons. The molecule has 5 heteroatoms. The number of fused-ring (bicyclic) bond motifs is 1. The first kappa shape index (κ1) is 8.52. The van der Waals surface area contributed by atoms with Gasteiger partial charge in [0.15, 0.2) is 10.5 Å². The first-order valence-electron chi connectivity index (χ1n) is 4.07. The van der Waals surface area contributed by atoms with E-state index in [1.807, 2.05) is 6.92 Å². The summed E-state index contributed by atoms with van der Waals surface area (Å²) in [7, 11) is 0. The van der Waals surface area contributed by atoms with Gasteiger partial charge in [-0.25, -0.2) is 15.0 Å². The SMILES string of the molecule is CC(N)Cc1nc2nccnc2s1. The van der Waals surface area contributed by atoms with Crippen LogP contribution in [0.1, 0.15) is 11.9 Å². The number of nitrogens with two attached hydrogens (primary N) is 1. The van der Waals surface area contributed by atoms with E-state index in [0.29, 0.717) is 0 Å². The molecule has 2 aromatic heterocycles. The monoisotopic (exact) mass is 194 g/mol. The topological polar surface area (TPSA) is 64.7 Å². The van der Waals surface area contributed by atoms with Crippen LogP contribution in [-0.2, 0) is 6.42 Å². The van der Waals surface area contributed by atoms with E-state index in [2.05, 4.69) is 15.0 Å². The summed E-state index contributed by atoms with van der Waals surface area (Å²) >= 11 is 1.56. The Morgan fingerprint density at radius 3 is 2.92 bits per heavy atom. The fourth-order valence-corrected chi connectivity index (χ4v) is 2.09. The molecule has 0 aliphatic rings. The van der Waals surface area contributed by atoms with Crippen LogP contribution >= 0.6 is 11.3 Å². The molecule has 2 rings (SSSR count). The molecule has 4 nitrogen and oxygen atoms in total.